The van der Waals surface area contributed by atoms with E-state index in [1.807, 2.05) is 31.1 Å². The molecule has 2 rings (SSSR count). The number of anilines is 2. The average molecular weight is 347 g/mol. The van der Waals surface area contributed by atoms with Crippen molar-refractivity contribution in [2.45, 2.75) is 25.7 Å². The maximum Gasteiger partial charge on any atom is 0.326 e. The highest BCUT2D eigenvalue weighted by Gasteiger charge is 2.20. The number of ether oxygens (including phenoxy) is 1. The van der Waals surface area contributed by atoms with Crippen LogP contribution in [0.25, 0.3) is 0 Å². The monoisotopic (exact) mass is 347 g/mol. The Morgan fingerprint density at radius 3 is 2.56 bits per heavy atom. The summed E-state index contributed by atoms with van der Waals surface area (Å²) in [6.45, 7) is 0.109. The number of benzene rings is 1. The van der Waals surface area contributed by atoms with E-state index in [-0.39, 0.29) is 19.1 Å². The molecule has 1 aliphatic heterocycles. The molecule has 1 aromatic carbocycles. The van der Waals surface area contributed by atoms with Gasteiger partial charge in [0.15, 0.2) is 6.61 Å². The Morgan fingerprint density at radius 1 is 1.16 bits per heavy atom. The summed E-state index contributed by atoms with van der Waals surface area (Å²) < 4.78 is 4.98. The maximum absolute atomic E-state index is 11.9. The van der Waals surface area contributed by atoms with Gasteiger partial charge in [-0.25, -0.2) is 0 Å². The van der Waals surface area contributed by atoms with Gasteiger partial charge >= 0.3 is 5.97 Å². The van der Waals surface area contributed by atoms with Crippen molar-refractivity contribution in [1.82, 2.24) is 4.90 Å². The van der Waals surface area contributed by atoms with E-state index in [2.05, 4.69) is 5.32 Å². The summed E-state index contributed by atoms with van der Waals surface area (Å²) in [6.07, 6.45) is 3.21. The van der Waals surface area contributed by atoms with Crippen molar-refractivity contribution in [3.63, 3.8) is 0 Å². The molecule has 0 atom stereocenters. The molecule has 1 fully saturated rings. The molecule has 0 aliphatic carbocycles. The van der Waals surface area contributed by atoms with Crippen LogP contribution in [0.5, 0.6) is 0 Å². The topological polar surface area (TPSA) is 79.0 Å². The summed E-state index contributed by atoms with van der Waals surface area (Å²) in [5, 5.41) is 2.67. The molecule has 1 N–H and O–H groups in total. The van der Waals surface area contributed by atoms with E-state index < -0.39 is 11.9 Å². The fraction of sp³-hybridized carbons (Fsp3) is 0.500. The zero-order chi connectivity index (χ0) is 18.2. The first-order valence-electron chi connectivity index (χ1n) is 8.46. The first kappa shape index (κ1) is 18.8. The van der Waals surface area contributed by atoms with Crippen LogP contribution < -0.4 is 10.2 Å². The number of carbonyl (C=O) groups is 3. The van der Waals surface area contributed by atoms with Crippen LogP contribution in [0.4, 0.5) is 11.4 Å². The number of hydrogen-bond donors (Lipinski definition) is 1. The number of esters is 1. The number of nitrogens with zero attached hydrogens (tertiary/aromatic N) is 2. The predicted molar refractivity (Wildman–Crippen MR) is 95.4 cm³/mol. The molecule has 7 heteroatoms. The smallest absolute Gasteiger partial charge is 0.326 e. The molecule has 0 unspecified atom stereocenters. The van der Waals surface area contributed by atoms with Crippen LogP contribution in [-0.2, 0) is 19.1 Å². The van der Waals surface area contributed by atoms with Gasteiger partial charge < -0.3 is 19.9 Å². The fourth-order valence-electron chi connectivity index (χ4n) is 2.59. The van der Waals surface area contributed by atoms with Gasteiger partial charge in [0.05, 0.1) is 0 Å². The summed E-state index contributed by atoms with van der Waals surface area (Å²) >= 11 is 0. The van der Waals surface area contributed by atoms with E-state index in [1.165, 1.54) is 4.90 Å². The van der Waals surface area contributed by atoms with Crippen molar-refractivity contribution in [2.24, 2.45) is 0 Å². The van der Waals surface area contributed by atoms with Crippen LogP contribution in [0.1, 0.15) is 25.7 Å². The van der Waals surface area contributed by atoms with Crippen molar-refractivity contribution in [1.29, 1.82) is 0 Å². The van der Waals surface area contributed by atoms with Crippen LogP contribution in [0.15, 0.2) is 24.3 Å². The third-order valence-electron chi connectivity index (χ3n) is 4.02. The summed E-state index contributed by atoms with van der Waals surface area (Å²) in [4.78, 5) is 39.0. The molecule has 25 heavy (non-hydrogen) atoms. The Kier molecular flexibility index (Phi) is 6.80. The number of hydrogen-bond acceptors (Lipinski definition) is 5. The number of carbonyl (C=O) groups excluding carboxylic acids is 3. The van der Waals surface area contributed by atoms with E-state index in [0.717, 1.165) is 24.9 Å². The molecule has 7 nitrogen and oxygen atoms in total. The zero-order valence-electron chi connectivity index (χ0n) is 14.8. The van der Waals surface area contributed by atoms with Crippen molar-refractivity contribution in [3.05, 3.63) is 24.3 Å². The maximum atomic E-state index is 11.9. The van der Waals surface area contributed by atoms with E-state index in [9.17, 15) is 14.4 Å². The van der Waals surface area contributed by atoms with Crippen molar-refractivity contribution < 1.29 is 19.1 Å². The summed E-state index contributed by atoms with van der Waals surface area (Å²) in [5.41, 5.74) is 1.65. The highest BCUT2D eigenvalue weighted by molar-refractivity contribution is 5.93. The van der Waals surface area contributed by atoms with Crippen LogP contribution >= 0.6 is 0 Å². The Hall–Kier alpha value is -2.57. The molecule has 1 saturated heterocycles. The lowest BCUT2D eigenvalue weighted by Crippen LogP contribution is -2.36. The lowest BCUT2D eigenvalue weighted by atomic mass is 10.2. The molecule has 0 aromatic heterocycles. The van der Waals surface area contributed by atoms with E-state index >= 15 is 0 Å². The number of amides is 2. The van der Waals surface area contributed by atoms with E-state index in [4.69, 9.17) is 4.74 Å². The second kappa shape index (κ2) is 9.05. The first-order chi connectivity index (χ1) is 12.0. The lowest BCUT2D eigenvalue weighted by Gasteiger charge is -2.19. The number of nitrogens with one attached hydrogen (secondary N) is 1. The van der Waals surface area contributed by atoms with Gasteiger partial charge in [0.2, 0.25) is 5.91 Å². The second-order valence-electron chi connectivity index (χ2n) is 6.28. The first-order valence-corrected chi connectivity index (χ1v) is 8.46. The molecule has 1 aliphatic rings. The molecule has 0 bridgehead atoms. The standard InChI is InChI=1S/C18H25N3O4/c1-20(2)15-9-7-14(8-10-15)19-16(22)13-25-18(24)12-21-11-5-3-4-6-17(21)23/h7-10H,3-6,11-13H2,1-2H3,(H,19,22). The minimum atomic E-state index is -0.562. The Bertz CT molecular complexity index is 613. The van der Waals surface area contributed by atoms with Crippen LogP contribution in [0.2, 0.25) is 0 Å². The molecule has 0 saturated carbocycles. The SMILES string of the molecule is CN(C)c1ccc(NC(=O)COC(=O)CN2CCCCCC2=O)cc1. The molecule has 1 aromatic rings. The van der Waals surface area contributed by atoms with Gasteiger partial charge in [0.25, 0.3) is 5.91 Å². The highest BCUT2D eigenvalue weighted by Crippen LogP contribution is 2.15. The quantitative estimate of drug-likeness (QED) is 0.792. The van der Waals surface area contributed by atoms with E-state index in [1.54, 1.807) is 12.1 Å². The molecular formula is C18H25N3O4. The summed E-state index contributed by atoms with van der Waals surface area (Å²) in [6, 6.07) is 7.33. The van der Waals surface area contributed by atoms with Gasteiger partial charge in [0, 0.05) is 38.4 Å². The van der Waals surface area contributed by atoms with Gasteiger partial charge in [-0.05, 0) is 37.1 Å². The van der Waals surface area contributed by atoms with Crippen molar-refractivity contribution in [3.8, 4) is 0 Å². The van der Waals surface area contributed by atoms with Crippen LogP contribution in [0.3, 0.4) is 0 Å². The third-order valence-corrected chi connectivity index (χ3v) is 4.02. The highest BCUT2D eigenvalue weighted by atomic mass is 16.5. The van der Waals surface area contributed by atoms with Gasteiger partial charge in [-0.15, -0.1) is 0 Å². The van der Waals surface area contributed by atoms with Gasteiger partial charge in [-0.2, -0.15) is 0 Å². The summed E-state index contributed by atoms with van der Waals surface area (Å²) in [5.74, 6) is -0.999. The Balaban J connectivity index is 1.75. The fourth-order valence-corrected chi connectivity index (χ4v) is 2.59. The van der Waals surface area contributed by atoms with Gasteiger partial charge in [-0.3, -0.25) is 14.4 Å². The minimum absolute atomic E-state index is 0.0279. The largest absolute Gasteiger partial charge is 0.454 e. The number of likely N-dealkylation sites (tertiary alicyclic amines) is 1. The minimum Gasteiger partial charge on any atom is -0.454 e. The second-order valence-corrected chi connectivity index (χ2v) is 6.28. The molecule has 136 valence electrons. The van der Waals surface area contributed by atoms with E-state index in [0.29, 0.717) is 18.7 Å². The van der Waals surface area contributed by atoms with Gasteiger partial charge in [0.1, 0.15) is 6.54 Å². The lowest BCUT2D eigenvalue weighted by molar-refractivity contribution is -0.151. The third kappa shape index (κ3) is 6.10. The van der Waals surface area contributed by atoms with Crippen LogP contribution in [0, 0.1) is 0 Å². The summed E-state index contributed by atoms with van der Waals surface area (Å²) in [7, 11) is 3.87. The Labute approximate surface area is 147 Å². The normalized spacial score (nSPS) is 14.6. The molecule has 0 radical (unpaired) electrons. The van der Waals surface area contributed by atoms with Crippen LogP contribution in [-0.4, -0.2) is 56.5 Å². The molecule has 1 heterocycles. The number of rotatable bonds is 6. The molecule has 0 spiro atoms. The predicted octanol–water partition coefficient (Wildman–Crippen LogP) is 1.64. The van der Waals surface area contributed by atoms with Crippen molar-refractivity contribution >= 4 is 29.2 Å². The molecular weight excluding hydrogens is 322 g/mol. The Morgan fingerprint density at radius 2 is 1.88 bits per heavy atom. The van der Waals surface area contributed by atoms with Gasteiger partial charge in [-0.1, -0.05) is 6.42 Å². The van der Waals surface area contributed by atoms with Crippen molar-refractivity contribution in [2.75, 3.05) is 44.0 Å². The average Bonchev–Trinajstić information content (AvgIpc) is 2.78. The zero-order valence-corrected chi connectivity index (χ0v) is 14.8. The molecule has 2 amide bonds.